The van der Waals surface area contributed by atoms with Gasteiger partial charge in [-0.25, -0.2) is 4.39 Å². The zero-order valence-electron chi connectivity index (χ0n) is 8.64. The summed E-state index contributed by atoms with van der Waals surface area (Å²) in [6.45, 7) is 1.15. The van der Waals surface area contributed by atoms with Gasteiger partial charge < -0.3 is 10.5 Å². The Bertz CT molecular complexity index is 470. The topological polar surface area (TPSA) is 53.1 Å². The summed E-state index contributed by atoms with van der Waals surface area (Å²) in [4.78, 5) is 0. The molecule has 1 aromatic carbocycles. The molecular formula is C11H12FN3O. The van der Waals surface area contributed by atoms with E-state index in [1.807, 2.05) is 0 Å². The number of rotatable bonds is 4. The SMILES string of the molecule is NCCn1cc(Oc2cccc(F)c2)cn1. The molecule has 0 unspecified atom stereocenters. The van der Waals surface area contributed by atoms with E-state index in [0.29, 0.717) is 24.6 Å². The fourth-order valence-corrected chi connectivity index (χ4v) is 1.32. The molecule has 0 atom stereocenters. The van der Waals surface area contributed by atoms with Crippen LogP contribution in [0.1, 0.15) is 0 Å². The number of halogens is 1. The Balaban J connectivity index is 2.08. The number of benzene rings is 1. The van der Waals surface area contributed by atoms with Gasteiger partial charge in [0.05, 0.1) is 18.9 Å². The quantitative estimate of drug-likeness (QED) is 0.856. The van der Waals surface area contributed by atoms with Crippen LogP contribution in [0.4, 0.5) is 4.39 Å². The van der Waals surface area contributed by atoms with Crippen LogP contribution >= 0.6 is 0 Å². The minimum absolute atomic E-state index is 0.327. The summed E-state index contributed by atoms with van der Waals surface area (Å²) in [5.41, 5.74) is 5.39. The van der Waals surface area contributed by atoms with Crippen LogP contribution in [0.2, 0.25) is 0 Å². The molecule has 0 aliphatic heterocycles. The van der Waals surface area contributed by atoms with Gasteiger partial charge in [-0.2, -0.15) is 5.10 Å². The number of hydrogen-bond acceptors (Lipinski definition) is 3. The van der Waals surface area contributed by atoms with E-state index < -0.39 is 0 Å². The van der Waals surface area contributed by atoms with Crippen molar-refractivity contribution in [2.75, 3.05) is 6.54 Å². The predicted octanol–water partition coefficient (Wildman–Crippen LogP) is 1.77. The standard InChI is InChI=1S/C11H12FN3O/c12-9-2-1-3-10(6-9)16-11-7-14-15(8-11)5-4-13/h1-3,6-8H,4-5,13H2. The second-order valence-corrected chi connectivity index (χ2v) is 3.29. The van der Waals surface area contributed by atoms with Gasteiger partial charge >= 0.3 is 0 Å². The van der Waals surface area contributed by atoms with Crippen molar-refractivity contribution >= 4 is 0 Å². The molecule has 0 spiro atoms. The van der Waals surface area contributed by atoms with E-state index in [9.17, 15) is 4.39 Å². The van der Waals surface area contributed by atoms with Crippen LogP contribution in [0.3, 0.4) is 0 Å². The van der Waals surface area contributed by atoms with Gasteiger partial charge in [-0.3, -0.25) is 4.68 Å². The number of aromatic nitrogens is 2. The molecule has 1 heterocycles. The highest BCUT2D eigenvalue weighted by molar-refractivity contribution is 5.28. The Morgan fingerprint density at radius 3 is 3.00 bits per heavy atom. The maximum Gasteiger partial charge on any atom is 0.165 e. The van der Waals surface area contributed by atoms with Crippen molar-refractivity contribution in [3.63, 3.8) is 0 Å². The van der Waals surface area contributed by atoms with Crippen molar-refractivity contribution in [1.29, 1.82) is 0 Å². The van der Waals surface area contributed by atoms with Crippen molar-refractivity contribution in [2.45, 2.75) is 6.54 Å². The molecular weight excluding hydrogens is 209 g/mol. The number of hydrogen-bond donors (Lipinski definition) is 1. The van der Waals surface area contributed by atoms with E-state index in [4.69, 9.17) is 10.5 Å². The summed E-state index contributed by atoms with van der Waals surface area (Å²) >= 11 is 0. The van der Waals surface area contributed by atoms with E-state index in [2.05, 4.69) is 5.10 Å². The highest BCUT2D eigenvalue weighted by Crippen LogP contribution is 2.20. The van der Waals surface area contributed by atoms with E-state index in [-0.39, 0.29) is 5.82 Å². The lowest BCUT2D eigenvalue weighted by atomic mass is 10.3. The average Bonchev–Trinajstić information content (AvgIpc) is 2.66. The first-order valence-corrected chi connectivity index (χ1v) is 4.94. The maximum atomic E-state index is 12.9. The van der Waals surface area contributed by atoms with Gasteiger partial charge in [0.25, 0.3) is 0 Å². The Hall–Kier alpha value is -1.88. The van der Waals surface area contributed by atoms with Crippen LogP contribution in [-0.2, 0) is 6.54 Å². The lowest BCUT2D eigenvalue weighted by Gasteiger charge is -2.01. The molecule has 0 amide bonds. The molecule has 0 radical (unpaired) electrons. The monoisotopic (exact) mass is 221 g/mol. The number of ether oxygens (including phenoxy) is 1. The lowest BCUT2D eigenvalue weighted by molar-refractivity contribution is 0.475. The van der Waals surface area contributed by atoms with Crippen LogP contribution in [0.5, 0.6) is 11.5 Å². The van der Waals surface area contributed by atoms with Crippen molar-refractivity contribution in [2.24, 2.45) is 5.73 Å². The summed E-state index contributed by atoms with van der Waals surface area (Å²) < 4.78 is 20.0. The molecule has 0 saturated heterocycles. The maximum absolute atomic E-state index is 12.9. The molecule has 84 valence electrons. The first kappa shape index (κ1) is 10.6. The van der Waals surface area contributed by atoms with Crippen molar-refractivity contribution in [1.82, 2.24) is 9.78 Å². The van der Waals surface area contributed by atoms with Crippen LogP contribution in [-0.4, -0.2) is 16.3 Å². The zero-order chi connectivity index (χ0) is 11.4. The van der Waals surface area contributed by atoms with Crippen LogP contribution < -0.4 is 10.5 Å². The highest BCUT2D eigenvalue weighted by atomic mass is 19.1. The molecule has 1 aromatic heterocycles. The Morgan fingerprint density at radius 1 is 1.38 bits per heavy atom. The summed E-state index contributed by atoms with van der Waals surface area (Å²) in [7, 11) is 0. The summed E-state index contributed by atoms with van der Waals surface area (Å²) in [5, 5.41) is 4.04. The van der Waals surface area contributed by atoms with Gasteiger partial charge in [0.1, 0.15) is 11.6 Å². The molecule has 0 aliphatic carbocycles. The van der Waals surface area contributed by atoms with Gasteiger partial charge in [-0.05, 0) is 12.1 Å². The van der Waals surface area contributed by atoms with Gasteiger partial charge in [0.15, 0.2) is 5.75 Å². The Morgan fingerprint density at radius 2 is 2.25 bits per heavy atom. The average molecular weight is 221 g/mol. The molecule has 2 aromatic rings. The van der Waals surface area contributed by atoms with E-state index in [0.717, 1.165) is 0 Å². The zero-order valence-corrected chi connectivity index (χ0v) is 8.64. The molecule has 0 fully saturated rings. The van der Waals surface area contributed by atoms with E-state index in [1.54, 1.807) is 29.2 Å². The molecule has 2 rings (SSSR count). The largest absolute Gasteiger partial charge is 0.454 e. The first-order valence-electron chi connectivity index (χ1n) is 4.94. The molecule has 4 nitrogen and oxygen atoms in total. The summed E-state index contributed by atoms with van der Waals surface area (Å²) in [6, 6.07) is 5.96. The molecule has 5 heteroatoms. The van der Waals surface area contributed by atoms with Crippen molar-refractivity contribution in [3.05, 3.63) is 42.5 Å². The second-order valence-electron chi connectivity index (χ2n) is 3.29. The normalized spacial score (nSPS) is 10.4. The molecule has 0 saturated carbocycles. The van der Waals surface area contributed by atoms with Crippen LogP contribution in [0.25, 0.3) is 0 Å². The molecule has 0 bridgehead atoms. The fraction of sp³-hybridized carbons (Fsp3) is 0.182. The third kappa shape index (κ3) is 2.58. The summed E-state index contributed by atoms with van der Waals surface area (Å²) in [6.07, 6.45) is 3.29. The second kappa shape index (κ2) is 4.76. The molecule has 0 aliphatic rings. The third-order valence-electron chi connectivity index (χ3n) is 2.00. The fourth-order valence-electron chi connectivity index (χ4n) is 1.32. The van der Waals surface area contributed by atoms with Gasteiger partial charge in [-0.15, -0.1) is 0 Å². The van der Waals surface area contributed by atoms with E-state index in [1.165, 1.54) is 12.1 Å². The molecule has 2 N–H and O–H groups in total. The van der Waals surface area contributed by atoms with Crippen molar-refractivity contribution in [3.8, 4) is 11.5 Å². The van der Waals surface area contributed by atoms with Gasteiger partial charge in [-0.1, -0.05) is 6.07 Å². The Labute approximate surface area is 92.4 Å². The minimum atomic E-state index is -0.327. The Kier molecular flexibility index (Phi) is 3.16. The third-order valence-corrected chi connectivity index (χ3v) is 2.00. The van der Waals surface area contributed by atoms with Crippen LogP contribution in [0.15, 0.2) is 36.7 Å². The van der Waals surface area contributed by atoms with Crippen molar-refractivity contribution < 1.29 is 9.13 Å². The van der Waals surface area contributed by atoms with E-state index >= 15 is 0 Å². The minimum Gasteiger partial charge on any atom is -0.454 e. The number of nitrogens with zero attached hydrogens (tertiary/aromatic N) is 2. The smallest absolute Gasteiger partial charge is 0.165 e. The van der Waals surface area contributed by atoms with Gasteiger partial charge in [0, 0.05) is 12.6 Å². The molecule has 16 heavy (non-hydrogen) atoms. The first-order chi connectivity index (χ1) is 7.78. The predicted molar refractivity (Wildman–Crippen MR) is 57.8 cm³/mol. The number of nitrogens with two attached hydrogens (primary N) is 1. The lowest BCUT2D eigenvalue weighted by Crippen LogP contribution is -2.09. The highest BCUT2D eigenvalue weighted by Gasteiger charge is 2.01. The van der Waals surface area contributed by atoms with Crippen LogP contribution in [0, 0.1) is 5.82 Å². The summed E-state index contributed by atoms with van der Waals surface area (Å²) in [5.74, 6) is 0.693. The van der Waals surface area contributed by atoms with Gasteiger partial charge in [0.2, 0.25) is 0 Å².